The number of hydrogen-bond donors (Lipinski definition) is 0. The minimum atomic E-state index is 0.215. The maximum absolute atomic E-state index is 10.7. The van der Waals surface area contributed by atoms with Crippen LogP contribution in [-0.2, 0) is 4.79 Å². The lowest BCUT2D eigenvalue weighted by atomic mass is 10.4. The minimum Gasteiger partial charge on any atom is -0.225 e. The fraction of sp³-hybridized carbons (Fsp3) is 0.833. The molecule has 0 saturated carbocycles. The van der Waals surface area contributed by atoms with Crippen LogP contribution in [0.15, 0.2) is 0 Å². The highest BCUT2D eigenvalue weighted by Gasteiger charge is 2.13. The normalized spacial score (nSPS) is 10.0. The van der Waals surface area contributed by atoms with Gasteiger partial charge in [-0.15, -0.1) is 4.90 Å². The Balaban J connectivity index is 3.46. The van der Waals surface area contributed by atoms with Gasteiger partial charge in [-0.25, -0.2) is 4.79 Å². The summed E-state index contributed by atoms with van der Waals surface area (Å²) in [5.41, 5.74) is 0. The molecule has 0 atom stereocenters. The van der Waals surface area contributed by atoms with E-state index in [1.54, 1.807) is 4.90 Å². The Kier molecular flexibility index (Phi) is 3.44. The number of amides is 1. The number of carbonyl (C=O) groups is 1. The van der Waals surface area contributed by atoms with Crippen molar-refractivity contribution < 1.29 is 4.79 Å². The summed E-state index contributed by atoms with van der Waals surface area (Å²) in [7, 11) is 1.81. The summed E-state index contributed by atoms with van der Waals surface area (Å²) in [4.78, 5) is 12.4. The predicted octanol–water partition coefficient (Wildman–Crippen LogP) is 0.713. The molecule has 0 unspecified atom stereocenters. The molecule has 0 aliphatic heterocycles. The molecule has 0 saturated heterocycles. The highest BCUT2D eigenvalue weighted by molar-refractivity contribution is 5.77. The number of rotatable bonds is 2. The Labute approximate surface area is 50.5 Å². The third-order valence-corrected chi connectivity index (χ3v) is 1.20. The first-order valence-electron chi connectivity index (χ1n) is 2.96. The molecule has 0 aromatic carbocycles. The smallest absolute Gasteiger partial charge is 0.225 e. The molecular formula is C6H13NO+. The van der Waals surface area contributed by atoms with Crippen molar-refractivity contribution in [2.24, 2.45) is 0 Å². The summed E-state index contributed by atoms with van der Waals surface area (Å²) in [6.07, 6.45) is 0.615. The maximum atomic E-state index is 10.7. The molecule has 0 bridgehead atoms. The third-order valence-electron chi connectivity index (χ3n) is 1.20. The monoisotopic (exact) mass is 115 g/mol. The standard InChI is InChI=1S/C6H13NO/c1-4-6(8)7(3)5-2/h4-5H2,1-3H3/q+1. The molecule has 0 spiro atoms. The zero-order valence-corrected chi connectivity index (χ0v) is 5.77. The molecule has 0 aliphatic rings. The highest BCUT2D eigenvalue weighted by Crippen LogP contribution is 1.82. The molecule has 0 N–H and O–H groups in total. The molecule has 0 aromatic rings. The molecule has 0 fully saturated rings. The third kappa shape index (κ3) is 2.07. The Hall–Kier alpha value is -0.370. The lowest BCUT2D eigenvalue weighted by Crippen LogP contribution is -2.31. The van der Waals surface area contributed by atoms with Crippen LogP contribution in [-0.4, -0.2) is 19.5 Å². The van der Waals surface area contributed by atoms with Crippen LogP contribution < -0.4 is 4.90 Å². The van der Waals surface area contributed by atoms with Crippen molar-refractivity contribution in [3.05, 3.63) is 0 Å². The maximum Gasteiger partial charge on any atom is 0.360 e. The van der Waals surface area contributed by atoms with Crippen molar-refractivity contribution in [3.63, 3.8) is 0 Å². The summed E-state index contributed by atoms with van der Waals surface area (Å²) < 4.78 is 0. The van der Waals surface area contributed by atoms with E-state index in [9.17, 15) is 4.79 Å². The topological polar surface area (TPSA) is 23.0 Å². The van der Waals surface area contributed by atoms with E-state index < -0.39 is 0 Å². The molecule has 8 heavy (non-hydrogen) atoms. The van der Waals surface area contributed by atoms with Crippen LogP contribution in [0.1, 0.15) is 20.3 Å². The van der Waals surface area contributed by atoms with Crippen molar-refractivity contribution in [2.45, 2.75) is 20.3 Å². The fourth-order valence-corrected chi connectivity index (χ4v) is 0.446. The van der Waals surface area contributed by atoms with E-state index in [1.807, 2.05) is 20.9 Å². The van der Waals surface area contributed by atoms with Crippen LogP contribution in [0.5, 0.6) is 0 Å². The second-order valence-electron chi connectivity index (χ2n) is 1.76. The predicted molar refractivity (Wildman–Crippen MR) is 33.9 cm³/mol. The Bertz CT molecular complexity index is 80.6. The van der Waals surface area contributed by atoms with Crippen LogP contribution in [0.3, 0.4) is 0 Å². The first kappa shape index (κ1) is 7.63. The summed E-state index contributed by atoms with van der Waals surface area (Å²) >= 11 is 0. The molecule has 2 heteroatoms. The molecule has 2 nitrogen and oxygen atoms in total. The van der Waals surface area contributed by atoms with Crippen molar-refractivity contribution in [1.29, 1.82) is 0 Å². The van der Waals surface area contributed by atoms with E-state index in [1.165, 1.54) is 0 Å². The summed E-state index contributed by atoms with van der Waals surface area (Å²) in [5.74, 6) is 0.215. The molecular weight excluding hydrogens is 102 g/mol. The van der Waals surface area contributed by atoms with Crippen molar-refractivity contribution >= 4 is 5.91 Å². The second-order valence-corrected chi connectivity index (χ2v) is 1.76. The van der Waals surface area contributed by atoms with Crippen molar-refractivity contribution in [1.82, 2.24) is 4.90 Å². The molecule has 47 valence electrons. The molecule has 0 aliphatic carbocycles. The van der Waals surface area contributed by atoms with E-state index >= 15 is 0 Å². The Morgan fingerprint density at radius 3 is 2.12 bits per heavy atom. The lowest BCUT2D eigenvalue weighted by molar-refractivity contribution is -0.124. The number of nitrogens with zero attached hydrogens (tertiary/aromatic N) is 1. The zero-order chi connectivity index (χ0) is 6.57. The van der Waals surface area contributed by atoms with E-state index in [2.05, 4.69) is 0 Å². The largest absolute Gasteiger partial charge is 0.360 e. The van der Waals surface area contributed by atoms with Gasteiger partial charge in [0.1, 0.15) is 13.6 Å². The summed E-state index contributed by atoms with van der Waals surface area (Å²) in [6.45, 7) is 4.65. The van der Waals surface area contributed by atoms with Gasteiger partial charge in [0, 0.05) is 0 Å². The van der Waals surface area contributed by atoms with Crippen molar-refractivity contribution in [3.8, 4) is 0 Å². The van der Waals surface area contributed by atoms with Gasteiger partial charge in [0.15, 0.2) is 0 Å². The van der Waals surface area contributed by atoms with Gasteiger partial charge in [0.05, 0.1) is 6.42 Å². The number of carbonyl (C=O) groups excluding carboxylic acids is 1. The first-order chi connectivity index (χ1) is 3.72. The molecule has 0 heterocycles. The van der Waals surface area contributed by atoms with Gasteiger partial charge in [-0.3, -0.25) is 0 Å². The fourth-order valence-electron chi connectivity index (χ4n) is 0.446. The molecule has 1 amide bonds. The highest BCUT2D eigenvalue weighted by atomic mass is 16.2. The Morgan fingerprint density at radius 1 is 1.50 bits per heavy atom. The van der Waals surface area contributed by atoms with E-state index in [0.29, 0.717) is 6.42 Å². The van der Waals surface area contributed by atoms with Gasteiger partial charge in [-0.1, -0.05) is 6.92 Å². The summed E-state index contributed by atoms with van der Waals surface area (Å²) in [6, 6.07) is 0. The number of hydrogen-bond acceptors (Lipinski definition) is 1. The minimum absolute atomic E-state index is 0.215. The zero-order valence-electron chi connectivity index (χ0n) is 5.77. The van der Waals surface area contributed by atoms with Gasteiger partial charge in [-0.2, -0.15) is 0 Å². The SMILES string of the molecule is CCC(=O)[N+](C)CC. The molecule has 0 aromatic heterocycles. The van der Waals surface area contributed by atoms with E-state index in [-0.39, 0.29) is 5.91 Å². The van der Waals surface area contributed by atoms with Crippen LogP contribution in [0.2, 0.25) is 0 Å². The first-order valence-corrected chi connectivity index (χ1v) is 2.96. The average Bonchev–Trinajstić information content (AvgIpc) is 1.84. The van der Waals surface area contributed by atoms with Crippen LogP contribution in [0, 0.1) is 0 Å². The Morgan fingerprint density at radius 2 is 2.00 bits per heavy atom. The lowest BCUT2D eigenvalue weighted by Gasteiger charge is -1.96. The van der Waals surface area contributed by atoms with Crippen LogP contribution in [0.4, 0.5) is 0 Å². The van der Waals surface area contributed by atoms with Crippen molar-refractivity contribution in [2.75, 3.05) is 13.6 Å². The van der Waals surface area contributed by atoms with Gasteiger partial charge >= 0.3 is 5.91 Å². The summed E-state index contributed by atoms with van der Waals surface area (Å²) in [5, 5.41) is 0. The van der Waals surface area contributed by atoms with Crippen LogP contribution in [0.25, 0.3) is 0 Å². The van der Waals surface area contributed by atoms with E-state index in [4.69, 9.17) is 0 Å². The molecule has 1 radical (unpaired) electrons. The van der Waals surface area contributed by atoms with Gasteiger partial charge < -0.3 is 0 Å². The van der Waals surface area contributed by atoms with Crippen LogP contribution >= 0.6 is 0 Å². The average molecular weight is 115 g/mol. The second kappa shape index (κ2) is 3.61. The van der Waals surface area contributed by atoms with Gasteiger partial charge in [0.2, 0.25) is 0 Å². The quantitative estimate of drug-likeness (QED) is 0.486. The molecule has 0 rings (SSSR count). The van der Waals surface area contributed by atoms with E-state index in [0.717, 1.165) is 6.54 Å². The van der Waals surface area contributed by atoms with Gasteiger partial charge in [-0.05, 0) is 6.92 Å². The van der Waals surface area contributed by atoms with Gasteiger partial charge in [0.25, 0.3) is 0 Å².